The number of halogens is 3. The average molecular weight is 310 g/mol. The lowest BCUT2D eigenvalue weighted by atomic mass is 10.1. The molecule has 76 valence electrons. The molecule has 0 radical (unpaired) electrons. The molecule has 0 saturated heterocycles. The van der Waals surface area contributed by atoms with Gasteiger partial charge in [0, 0.05) is 21.1 Å². The Morgan fingerprint density at radius 2 is 2.14 bits per heavy atom. The second-order valence-electron chi connectivity index (χ2n) is 2.82. The minimum Gasteiger partial charge on any atom is -0.294 e. The molecular weight excluding hydrogens is 301 g/mol. The van der Waals surface area contributed by atoms with Crippen molar-refractivity contribution in [3.05, 3.63) is 32.9 Å². The number of ketones is 1. The fourth-order valence-electron chi connectivity index (χ4n) is 1.08. The van der Waals surface area contributed by atoms with Crippen LogP contribution < -0.4 is 0 Å². The molecule has 0 aliphatic rings. The molecule has 0 aliphatic heterocycles. The lowest BCUT2D eigenvalue weighted by Crippen LogP contribution is -2.00. The van der Waals surface area contributed by atoms with Gasteiger partial charge in [-0.2, -0.15) is 0 Å². The Morgan fingerprint density at radius 1 is 1.50 bits per heavy atom. The van der Waals surface area contributed by atoms with Crippen LogP contribution in [-0.4, -0.2) is 5.78 Å². The van der Waals surface area contributed by atoms with E-state index in [1.807, 2.05) is 22.6 Å². The summed E-state index contributed by atoms with van der Waals surface area (Å²) in [5.41, 5.74) is 0.486. The van der Waals surface area contributed by atoms with E-state index < -0.39 is 6.43 Å². The van der Waals surface area contributed by atoms with Crippen LogP contribution in [0.2, 0.25) is 0 Å². The van der Waals surface area contributed by atoms with Gasteiger partial charge in [-0.3, -0.25) is 4.79 Å². The van der Waals surface area contributed by atoms with Crippen molar-refractivity contribution in [1.82, 2.24) is 0 Å². The summed E-state index contributed by atoms with van der Waals surface area (Å²) in [7, 11) is 0. The molecule has 0 amide bonds. The maximum Gasteiger partial charge on any atom is 0.263 e. The van der Waals surface area contributed by atoms with Gasteiger partial charge in [0.2, 0.25) is 0 Å². The highest BCUT2D eigenvalue weighted by Crippen LogP contribution is 2.23. The molecule has 1 aromatic carbocycles. The smallest absolute Gasteiger partial charge is 0.263 e. The van der Waals surface area contributed by atoms with E-state index >= 15 is 0 Å². The highest BCUT2D eigenvalue weighted by atomic mass is 127. The molecule has 0 saturated carbocycles. The number of hydrogen-bond acceptors (Lipinski definition) is 1. The van der Waals surface area contributed by atoms with E-state index in [0.29, 0.717) is 15.6 Å². The van der Waals surface area contributed by atoms with Crippen molar-refractivity contribution in [3.8, 4) is 0 Å². The van der Waals surface area contributed by atoms with E-state index in [-0.39, 0.29) is 11.3 Å². The third-order valence-electron chi connectivity index (χ3n) is 1.87. The average Bonchev–Trinajstić information content (AvgIpc) is 2.16. The van der Waals surface area contributed by atoms with Crippen LogP contribution in [0.25, 0.3) is 0 Å². The number of benzene rings is 1. The molecular formula is C10H9F2IO. The van der Waals surface area contributed by atoms with E-state index in [9.17, 15) is 13.6 Å². The predicted molar refractivity (Wildman–Crippen MR) is 58.7 cm³/mol. The van der Waals surface area contributed by atoms with Crippen molar-refractivity contribution in [3.63, 3.8) is 0 Å². The monoisotopic (exact) mass is 310 g/mol. The van der Waals surface area contributed by atoms with Crippen molar-refractivity contribution in [2.45, 2.75) is 19.8 Å². The molecule has 0 N–H and O–H groups in total. The Kier molecular flexibility index (Phi) is 3.97. The second kappa shape index (κ2) is 4.82. The zero-order chi connectivity index (χ0) is 10.7. The van der Waals surface area contributed by atoms with Crippen LogP contribution in [-0.2, 0) is 0 Å². The van der Waals surface area contributed by atoms with E-state index in [4.69, 9.17) is 0 Å². The molecule has 0 unspecified atom stereocenters. The van der Waals surface area contributed by atoms with E-state index in [0.717, 1.165) is 0 Å². The number of hydrogen-bond donors (Lipinski definition) is 0. The molecule has 4 heteroatoms. The van der Waals surface area contributed by atoms with Crippen molar-refractivity contribution in [1.29, 1.82) is 0 Å². The van der Waals surface area contributed by atoms with Crippen LogP contribution in [0.3, 0.4) is 0 Å². The number of rotatable bonds is 3. The SMILES string of the molecule is CCC(=O)c1ccc(C(F)F)cc1I. The number of carbonyl (C=O) groups is 1. The molecule has 1 aromatic rings. The zero-order valence-corrected chi connectivity index (χ0v) is 9.72. The largest absolute Gasteiger partial charge is 0.294 e. The zero-order valence-electron chi connectivity index (χ0n) is 7.56. The summed E-state index contributed by atoms with van der Waals surface area (Å²) in [5, 5.41) is 0. The van der Waals surface area contributed by atoms with Gasteiger partial charge in [-0.15, -0.1) is 0 Å². The van der Waals surface area contributed by atoms with E-state index in [1.165, 1.54) is 18.2 Å². The normalized spacial score (nSPS) is 10.6. The number of Topliss-reactive ketones (excluding diaryl/α,β-unsaturated/α-hetero) is 1. The van der Waals surface area contributed by atoms with Crippen LogP contribution in [0, 0.1) is 3.57 Å². The molecule has 14 heavy (non-hydrogen) atoms. The molecule has 0 heterocycles. The predicted octanol–water partition coefficient (Wildman–Crippen LogP) is 3.82. The Balaban J connectivity index is 3.07. The maximum absolute atomic E-state index is 12.3. The quantitative estimate of drug-likeness (QED) is 0.613. The lowest BCUT2D eigenvalue weighted by Gasteiger charge is -2.04. The molecule has 0 fully saturated rings. The lowest BCUT2D eigenvalue weighted by molar-refractivity contribution is 0.0986. The van der Waals surface area contributed by atoms with Crippen LogP contribution in [0.5, 0.6) is 0 Å². The van der Waals surface area contributed by atoms with Crippen molar-refractivity contribution in [2.24, 2.45) is 0 Å². The van der Waals surface area contributed by atoms with E-state index in [2.05, 4.69) is 0 Å². The van der Waals surface area contributed by atoms with Gasteiger partial charge in [0.15, 0.2) is 5.78 Å². The van der Waals surface area contributed by atoms with Crippen LogP contribution in [0.1, 0.15) is 35.7 Å². The summed E-state index contributed by atoms with van der Waals surface area (Å²) in [4.78, 5) is 11.3. The summed E-state index contributed by atoms with van der Waals surface area (Å²) in [5.74, 6) is -0.0183. The molecule has 0 aromatic heterocycles. The molecule has 0 bridgehead atoms. The highest BCUT2D eigenvalue weighted by molar-refractivity contribution is 14.1. The summed E-state index contributed by atoms with van der Waals surface area (Å²) in [6, 6.07) is 4.12. The van der Waals surface area contributed by atoms with Crippen molar-refractivity contribution in [2.75, 3.05) is 0 Å². The highest BCUT2D eigenvalue weighted by Gasteiger charge is 2.12. The Labute approximate surface area is 94.6 Å². The van der Waals surface area contributed by atoms with Crippen LogP contribution >= 0.6 is 22.6 Å². The van der Waals surface area contributed by atoms with Gasteiger partial charge >= 0.3 is 0 Å². The Bertz CT molecular complexity index is 350. The number of carbonyl (C=O) groups excluding carboxylic acids is 1. The third kappa shape index (κ3) is 2.50. The second-order valence-corrected chi connectivity index (χ2v) is 3.98. The van der Waals surface area contributed by atoms with Gasteiger partial charge in [-0.05, 0) is 34.7 Å². The number of alkyl halides is 2. The molecule has 1 rings (SSSR count). The first-order chi connectivity index (χ1) is 6.56. The Hall–Kier alpha value is -0.520. The molecule has 0 atom stereocenters. The maximum atomic E-state index is 12.3. The molecule has 0 spiro atoms. The van der Waals surface area contributed by atoms with Gasteiger partial charge in [-0.1, -0.05) is 13.0 Å². The van der Waals surface area contributed by atoms with Gasteiger partial charge in [0.05, 0.1) is 0 Å². The van der Waals surface area contributed by atoms with Gasteiger partial charge in [-0.25, -0.2) is 8.78 Å². The third-order valence-corrected chi connectivity index (χ3v) is 2.76. The first-order valence-electron chi connectivity index (χ1n) is 4.17. The van der Waals surface area contributed by atoms with Gasteiger partial charge in [0.25, 0.3) is 6.43 Å². The van der Waals surface area contributed by atoms with Crippen LogP contribution in [0.15, 0.2) is 18.2 Å². The fourth-order valence-corrected chi connectivity index (χ4v) is 1.92. The molecule has 1 nitrogen and oxygen atoms in total. The van der Waals surface area contributed by atoms with Gasteiger partial charge in [0.1, 0.15) is 0 Å². The topological polar surface area (TPSA) is 17.1 Å². The minimum atomic E-state index is -2.48. The van der Waals surface area contributed by atoms with Crippen LogP contribution in [0.4, 0.5) is 8.78 Å². The standard InChI is InChI=1S/C10H9F2IO/c1-2-9(14)7-4-3-6(10(11)12)5-8(7)13/h3-5,10H,2H2,1H3. The summed E-state index contributed by atoms with van der Waals surface area (Å²) < 4.78 is 25.1. The van der Waals surface area contributed by atoms with Crippen molar-refractivity contribution < 1.29 is 13.6 Å². The first-order valence-corrected chi connectivity index (χ1v) is 5.25. The Morgan fingerprint density at radius 3 is 2.57 bits per heavy atom. The summed E-state index contributed by atoms with van der Waals surface area (Å²) in [6.45, 7) is 1.75. The van der Waals surface area contributed by atoms with Crippen molar-refractivity contribution >= 4 is 28.4 Å². The first kappa shape index (κ1) is 11.6. The van der Waals surface area contributed by atoms with Gasteiger partial charge < -0.3 is 0 Å². The molecule has 0 aliphatic carbocycles. The fraction of sp³-hybridized carbons (Fsp3) is 0.300. The summed E-state index contributed by atoms with van der Waals surface area (Å²) >= 11 is 1.90. The van der Waals surface area contributed by atoms with E-state index in [1.54, 1.807) is 6.92 Å². The minimum absolute atomic E-state index is 0.0183. The summed E-state index contributed by atoms with van der Waals surface area (Å²) in [6.07, 6.45) is -2.08.